The molecule has 0 radical (unpaired) electrons. The first-order valence-corrected chi connectivity index (χ1v) is 27.0. The van der Waals surface area contributed by atoms with Crippen molar-refractivity contribution in [3.05, 3.63) is 0 Å². The van der Waals surface area contributed by atoms with Crippen molar-refractivity contribution in [3.63, 3.8) is 0 Å². The highest BCUT2D eigenvalue weighted by Gasteiger charge is 2.19. The molecule has 0 aromatic heterocycles. The zero-order valence-corrected chi connectivity index (χ0v) is 40.8. The Hall–Kier alpha value is -1.59. The van der Waals surface area contributed by atoms with Crippen LogP contribution in [0.3, 0.4) is 0 Å². The third-order valence-electron chi connectivity index (χ3n) is 12.4. The van der Waals surface area contributed by atoms with Gasteiger partial charge in [0.05, 0.1) is 0 Å². The molecule has 0 rings (SSSR count). The van der Waals surface area contributed by atoms with Crippen molar-refractivity contribution in [1.29, 1.82) is 0 Å². The minimum absolute atomic E-state index is 0.0626. The fourth-order valence-electron chi connectivity index (χ4n) is 8.27. The van der Waals surface area contributed by atoms with E-state index in [0.29, 0.717) is 19.3 Å². The molecule has 0 aliphatic carbocycles. The van der Waals surface area contributed by atoms with E-state index >= 15 is 0 Å². The van der Waals surface area contributed by atoms with Crippen LogP contribution < -0.4 is 0 Å². The second kappa shape index (κ2) is 50.1. The molecule has 0 saturated carbocycles. The molecule has 0 fully saturated rings. The number of hydrogen-bond acceptors (Lipinski definition) is 6. The molecule has 0 bridgehead atoms. The summed E-state index contributed by atoms with van der Waals surface area (Å²) in [5.41, 5.74) is 0. The molecule has 0 amide bonds. The molecule has 0 heterocycles. The second-order valence-corrected chi connectivity index (χ2v) is 18.5. The standard InChI is InChI=1S/C54H104O6/c1-4-7-10-13-16-18-20-21-22-23-24-25-26-27-28-29-30-31-32-34-35-38-41-44-47-53(56)59-50-51(49-58-52(55)46-43-40-37-15-12-9-6-3)60-54(57)48-45-42-39-36-33-19-17-14-11-8-5-2/h51H,4-50H2,1-3H3. The highest BCUT2D eigenvalue weighted by Crippen LogP contribution is 2.17. The predicted molar refractivity (Wildman–Crippen MR) is 257 cm³/mol. The second-order valence-electron chi connectivity index (χ2n) is 18.5. The van der Waals surface area contributed by atoms with E-state index in [4.69, 9.17) is 14.2 Å². The van der Waals surface area contributed by atoms with Gasteiger partial charge in [0, 0.05) is 19.3 Å². The van der Waals surface area contributed by atoms with Gasteiger partial charge in [-0.15, -0.1) is 0 Å². The van der Waals surface area contributed by atoms with Crippen LogP contribution in [0.5, 0.6) is 0 Å². The van der Waals surface area contributed by atoms with Crippen molar-refractivity contribution < 1.29 is 28.6 Å². The lowest BCUT2D eigenvalue weighted by atomic mass is 10.0. The number of hydrogen-bond donors (Lipinski definition) is 0. The summed E-state index contributed by atoms with van der Waals surface area (Å²) in [4.78, 5) is 37.7. The Balaban J connectivity index is 4.03. The molecule has 356 valence electrons. The molecule has 6 heteroatoms. The number of rotatable bonds is 50. The van der Waals surface area contributed by atoms with E-state index in [1.54, 1.807) is 0 Å². The number of carbonyl (C=O) groups excluding carboxylic acids is 3. The SMILES string of the molecule is CCCCCCCCCCCCCCCCCCCCCCCCCCC(=O)OCC(COC(=O)CCCCCCCCC)OC(=O)CCCCCCCCCCCCC. The van der Waals surface area contributed by atoms with E-state index in [1.165, 1.54) is 212 Å². The Labute approximate surface area is 374 Å². The van der Waals surface area contributed by atoms with Crippen molar-refractivity contribution in [2.24, 2.45) is 0 Å². The first-order chi connectivity index (χ1) is 29.5. The maximum Gasteiger partial charge on any atom is 0.306 e. The molecule has 0 aromatic rings. The summed E-state index contributed by atoms with van der Waals surface area (Å²) < 4.78 is 16.7. The smallest absolute Gasteiger partial charge is 0.306 e. The minimum atomic E-state index is -0.758. The minimum Gasteiger partial charge on any atom is -0.462 e. The Morgan fingerprint density at radius 3 is 0.667 bits per heavy atom. The first-order valence-electron chi connectivity index (χ1n) is 27.0. The summed E-state index contributed by atoms with van der Waals surface area (Å²) in [5, 5.41) is 0. The van der Waals surface area contributed by atoms with Gasteiger partial charge >= 0.3 is 17.9 Å². The zero-order valence-electron chi connectivity index (χ0n) is 40.8. The molecule has 1 unspecified atom stereocenters. The van der Waals surface area contributed by atoms with Crippen molar-refractivity contribution in [2.75, 3.05) is 13.2 Å². The van der Waals surface area contributed by atoms with Crippen LogP contribution in [0, 0.1) is 0 Å². The van der Waals surface area contributed by atoms with Gasteiger partial charge in [-0.3, -0.25) is 14.4 Å². The van der Waals surface area contributed by atoms with E-state index in [9.17, 15) is 14.4 Å². The summed E-state index contributed by atoms with van der Waals surface area (Å²) in [6.45, 7) is 6.63. The van der Waals surface area contributed by atoms with Crippen molar-refractivity contribution in [3.8, 4) is 0 Å². The van der Waals surface area contributed by atoms with E-state index in [0.717, 1.165) is 57.8 Å². The van der Waals surface area contributed by atoms with Crippen LogP contribution in [-0.2, 0) is 28.6 Å². The highest BCUT2D eigenvalue weighted by molar-refractivity contribution is 5.71. The van der Waals surface area contributed by atoms with Crippen LogP contribution in [-0.4, -0.2) is 37.2 Å². The number of ether oxygens (including phenoxy) is 3. The van der Waals surface area contributed by atoms with Crippen molar-refractivity contribution >= 4 is 17.9 Å². The molecule has 60 heavy (non-hydrogen) atoms. The van der Waals surface area contributed by atoms with Gasteiger partial charge in [0.25, 0.3) is 0 Å². The molecule has 0 aliphatic heterocycles. The summed E-state index contributed by atoms with van der Waals surface area (Å²) in [6.07, 6.45) is 54.1. The molecule has 6 nitrogen and oxygen atoms in total. The molecule has 0 N–H and O–H groups in total. The van der Waals surface area contributed by atoms with E-state index in [1.807, 2.05) is 0 Å². The third kappa shape index (κ3) is 47.5. The summed E-state index contributed by atoms with van der Waals surface area (Å²) in [7, 11) is 0. The Morgan fingerprint density at radius 1 is 0.267 bits per heavy atom. The quantitative estimate of drug-likeness (QED) is 0.0345. The molecular formula is C54H104O6. The monoisotopic (exact) mass is 849 g/mol. The van der Waals surface area contributed by atoms with Crippen LogP contribution in [0.4, 0.5) is 0 Å². The van der Waals surface area contributed by atoms with E-state index < -0.39 is 6.10 Å². The van der Waals surface area contributed by atoms with Gasteiger partial charge in [0.1, 0.15) is 13.2 Å². The molecule has 0 aliphatic rings. The van der Waals surface area contributed by atoms with Crippen LogP contribution >= 0.6 is 0 Å². The fourth-order valence-corrected chi connectivity index (χ4v) is 8.27. The Morgan fingerprint density at radius 2 is 0.450 bits per heavy atom. The third-order valence-corrected chi connectivity index (χ3v) is 12.4. The summed E-state index contributed by atoms with van der Waals surface area (Å²) in [5.74, 6) is -0.851. The molecule has 0 spiro atoms. The lowest BCUT2D eigenvalue weighted by Crippen LogP contribution is -2.30. The molecule has 0 aromatic carbocycles. The maximum absolute atomic E-state index is 12.7. The van der Waals surface area contributed by atoms with Gasteiger partial charge in [0.15, 0.2) is 6.10 Å². The van der Waals surface area contributed by atoms with Crippen molar-refractivity contribution in [1.82, 2.24) is 0 Å². The van der Waals surface area contributed by atoms with Gasteiger partial charge in [-0.05, 0) is 19.3 Å². The largest absolute Gasteiger partial charge is 0.462 e. The normalized spacial score (nSPS) is 11.8. The van der Waals surface area contributed by atoms with Gasteiger partial charge in [0.2, 0.25) is 0 Å². The Kier molecular flexibility index (Phi) is 48.7. The topological polar surface area (TPSA) is 78.9 Å². The van der Waals surface area contributed by atoms with Crippen LogP contribution in [0.1, 0.15) is 310 Å². The molecule has 0 saturated heterocycles. The number of carbonyl (C=O) groups is 3. The average Bonchev–Trinajstić information content (AvgIpc) is 3.24. The molecular weight excluding hydrogens is 745 g/mol. The maximum atomic E-state index is 12.7. The summed E-state index contributed by atoms with van der Waals surface area (Å²) in [6, 6.07) is 0. The number of esters is 3. The van der Waals surface area contributed by atoms with Crippen LogP contribution in [0.2, 0.25) is 0 Å². The summed E-state index contributed by atoms with van der Waals surface area (Å²) >= 11 is 0. The number of unbranched alkanes of at least 4 members (excludes halogenated alkanes) is 39. The van der Waals surface area contributed by atoms with Gasteiger partial charge in [-0.1, -0.05) is 271 Å². The van der Waals surface area contributed by atoms with Crippen LogP contribution in [0.25, 0.3) is 0 Å². The fraction of sp³-hybridized carbons (Fsp3) is 0.944. The average molecular weight is 849 g/mol. The van der Waals surface area contributed by atoms with E-state index in [-0.39, 0.29) is 31.1 Å². The molecule has 1 atom stereocenters. The Bertz CT molecular complexity index is 889. The lowest BCUT2D eigenvalue weighted by molar-refractivity contribution is -0.167. The zero-order chi connectivity index (χ0) is 43.7. The van der Waals surface area contributed by atoms with Crippen molar-refractivity contribution in [2.45, 2.75) is 316 Å². The van der Waals surface area contributed by atoms with E-state index in [2.05, 4.69) is 20.8 Å². The lowest BCUT2D eigenvalue weighted by Gasteiger charge is -2.18. The highest BCUT2D eigenvalue weighted by atomic mass is 16.6. The predicted octanol–water partition coefficient (Wildman–Crippen LogP) is 17.6. The van der Waals surface area contributed by atoms with Gasteiger partial charge in [-0.25, -0.2) is 0 Å². The van der Waals surface area contributed by atoms with Gasteiger partial charge in [-0.2, -0.15) is 0 Å². The first kappa shape index (κ1) is 58.4. The van der Waals surface area contributed by atoms with Crippen LogP contribution in [0.15, 0.2) is 0 Å². The van der Waals surface area contributed by atoms with Gasteiger partial charge < -0.3 is 14.2 Å².